The van der Waals surface area contributed by atoms with Gasteiger partial charge in [0.1, 0.15) is 0 Å². The summed E-state index contributed by atoms with van der Waals surface area (Å²) in [5.41, 5.74) is 4.08. The highest BCUT2D eigenvalue weighted by atomic mass is 19.4. The molecule has 0 saturated carbocycles. The summed E-state index contributed by atoms with van der Waals surface area (Å²) in [6.07, 6.45) is -4.46. The maximum Gasteiger partial charge on any atom is 0.452 e. The van der Waals surface area contributed by atoms with Crippen molar-refractivity contribution in [2.45, 2.75) is 6.18 Å². The number of nitrogens with zero attached hydrogens (tertiary/aromatic N) is 2. The van der Waals surface area contributed by atoms with Crippen LogP contribution in [-0.4, -0.2) is 38.2 Å². The monoisotopic (exact) mass is 184 g/mol. The fraction of sp³-hybridized carbons (Fsp3) is 0.800. The van der Waals surface area contributed by atoms with Crippen LogP contribution < -0.4 is 10.9 Å². The largest absolute Gasteiger partial charge is 0.452 e. The topological polar surface area (TPSA) is 39.7 Å². The van der Waals surface area contributed by atoms with Crippen molar-refractivity contribution in [2.75, 3.05) is 21.1 Å². The van der Waals surface area contributed by atoms with Crippen LogP contribution in [0.3, 0.4) is 0 Å². The summed E-state index contributed by atoms with van der Waals surface area (Å²) in [4.78, 5) is 0. The Balaban J connectivity index is 4.35. The molecule has 0 atom stereocenters. The molecule has 0 radical (unpaired) electrons. The second kappa shape index (κ2) is 4.15. The summed E-state index contributed by atoms with van der Waals surface area (Å²) in [5.74, 6) is -1.07. The van der Waals surface area contributed by atoms with Crippen molar-refractivity contribution in [3.05, 3.63) is 0 Å². The highest BCUT2D eigenvalue weighted by Gasteiger charge is 2.36. The van der Waals surface area contributed by atoms with E-state index in [0.717, 1.165) is 5.01 Å². The molecule has 0 saturated heterocycles. The Bertz CT molecular complexity index is 163. The first-order valence-electron chi connectivity index (χ1n) is 3.13. The van der Waals surface area contributed by atoms with E-state index in [4.69, 9.17) is 0 Å². The van der Waals surface area contributed by atoms with Crippen molar-refractivity contribution >= 4 is 5.84 Å². The van der Waals surface area contributed by atoms with E-state index in [1.807, 2.05) is 5.43 Å². The molecule has 0 aliphatic rings. The molecule has 0 aliphatic carbocycles. The third-order valence-corrected chi connectivity index (χ3v) is 0.822. The fourth-order valence-electron chi connectivity index (χ4n) is 0.475. The molecule has 4 nitrogen and oxygen atoms in total. The standard InChI is InChI=1S/C5H11F3N4/c1-9-10-4(5(6,7)8)11-12(2)3/h9H,1-3H3,(H,10,11). The third kappa shape index (κ3) is 4.02. The second-order valence-corrected chi connectivity index (χ2v) is 2.19. The van der Waals surface area contributed by atoms with Crippen LogP contribution in [0.2, 0.25) is 0 Å². The summed E-state index contributed by atoms with van der Waals surface area (Å²) in [6, 6.07) is 0. The van der Waals surface area contributed by atoms with E-state index in [1.165, 1.54) is 21.1 Å². The van der Waals surface area contributed by atoms with Crippen LogP contribution in [-0.2, 0) is 0 Å². The first-order chi connectivity index (χ1) is 5.38. The van der Waals surface area contributed by atoms with Crippen LogP contribution in [0, 0.1) is 0 Å². The molecule has 0 fully saturated rings. The van der Waals surface area contributed by atoms with Gasteiger partial charge in [-0.15, -0.1) is 0 Å². The molecule has 0 spiro atoms. The second-order valence-electron chi connectivity index (χ2n) is 2.19. The number of hydrogen-bond acceptors (Lipinski definition) is 3. The van der Waals surface area contributed by atoms with Gasteiger partial charge in [-0.3, -0.25) is 5.43 Å². The maximum atomic E-state index is 12.0. The smallest absolute Gasteiger partial charge is 0.311 e. The van der Waals surface area contributed by atoms with Crippen LogP contribution in [0.4, 0.5) is 13.2 Å². The van der Waals surface area contributed by atoms with E-state index in [-0.39, 0.29) is 0 Å². The van der Waals surface area contributed by atoms with Gasteiger partial charge < -0.3 is 5.43 Å². The van der Waals surface area contributed by atoms with Crippen LogP contribution in [0.15, 0.2) is 5.10 Å². The van der Waals surface area contributed by atoms with Gasteiger partial charge in [0.15, 0.2) is 0 Å². The SMILES string of the molecule is CNN=C(NN(C)C)C(F)(F)F. The van der Waals surface area contributed by atoms with Crippen LogP contribution in [0.25, 0.3) is 0 Å². The van der Waals surface area contributed by atoms with Crippen LogP contribution in [0.5, 0.6) is 0 Å². The Morgan fingerprint density at radius 1 is 1.33 bits per heavy atom. The first-order valence-corrected chi connectivity index (χ1v) is 3.13. The van der Waals surface area contributed by atoms with Crippen molar-refractivity contribution in [1.82, 2.24) is 15.9 Å². The lowest BCUT2D eigenvalue weighted by atomic mass is 10.6. The van der Waals surface area contributed by atoms with Crippen molar-refractivity contribution in [2.24, 2.45) is 5.10 Å². The zero-order valence-corrected chi connectivity index (χ0v) is 7.03. The number of halogens is 3. The third-order valence-electron chi connectivity index (χ3n) is 0.822. The average molecular weight is 184 g/mol. The lowest BCUT2D eigenvalue weighted by Crippen LogP contribution is -2.45. The summed E-state index contributed by atoms with van der Waals surface area (Å²) in [5, 5.41) is 4.18. The molecular weight excluding hydrogens is 173 g/mol. The minimum atomic E-state index is -4.46. The summed E-state index contributed by atoms with van der Waals surface area (Å²) >= 11 is 0. The van der Waals surface area contributed by atoms with Crippen molar-refractivity contribution in [3.63, 3.8) is 0 Å². The quantitative estimate of drug-likeness (QED) is 0.364. The number of alkyl halides is 3. The number of rotatable bonds is 2. The van der Waals surface area contributed by atoms with Gasteiger partial charge in [0.05, 0.1) is 0 Å². The van der Waals surface area contributed by atoms with Gasteiger partial charge in [-0.05, 0) is 0 Å². The number of hydrazine groups is 1. The van der Waals surface area contributed by atoms with E-state index in [0.29, 0.717) is 0 Å². The minimum Gasteiger partial charge on any atom is -0.311 e. The zero-order chi connectivity index (χ0) is 9.78. The molecule has 0 heterocycles. The number of amidine groups is 1. The lowest BCUT2D eigenvalue weighted by molar-refractivity contribution is -0.0650. The predicted octanol–water partition coefficient (Wildman–Crippen LogP) is 0.148. The Hall–Kier alpha value is -0.980. The van der Waals surface area contributed by atoms with Crippen LogP contribution >= 0.6 is 0 Å². The Labute approximate surface area is 68.4 Å². The average Bonchev–Trinajstić information content (AvgIpc) is 1.83. The molecule has 0 aromatic rings. The number of hydrazone groups is 1. The molecular formula is C5H11F3N4. The molecule has 72 valence electrons. The van der Waals surface area contributed by atoms with E-state index >= 15 is 0 Å². The van der Waals surface area contributed by atoms with Gasteiger partial charge in [-0.1, -0.05) is 0 Å². The summed E-state index contributed by atoms with van der Waals surface area (Å²) in [7, 11) is 4.18. The molecule has 0 aromatic heterocycles. The normalized spacial score (nSPS) is 13.4. The van der Waals surface area contributed by atoms with Gasteiger partial charge in [0.2, 0.25) is 5.84 Å². The Kier molecular flexibility index (Phi) is 3.81. The molecule has 0 amide bonds. The highest BCUT2D eigenvalue weighted by molar-refractivity contribution is 5.86. The molecule has 2 N–H and O–H groups in total. The molecule has 0 aliphatic heterocycles. The van der Waals surface area contributed by atoms with E-state index in [1.54, 1.807) is 0 Å². The molecule has 12 heavy (non-hydrogen) atoms. The number of hydrogen-bond donors (Lipinski definition) is 2. The lowest BCUT2D eigenvalue weighted by Gasteiger charge is -2.17. The van der Waals surface area contributed by atoms with Gasteiger partial charge in [0, 0.05) is 21.1 Å². The molecule has 0 unspecified atom stereocenters. The maximum absolute atomic E-state index is 12.0. The fourth-order valence-corrected chi connectivity index (χ4v) is 0.475. The van der Waals surface area contributed by atoms with Crippen molar-refractivity contribution in [1.29, 1.82) is 0 Å². The van der Waals surface area contributed by atoms with Gasteiger partial charge >= 0.3 is 6.18 Å². The highest BCUT2D eigenvalue weighted by Crippen LogP contribution is 2.15. The first kappa shape index (κ1) is 11.0. The Morgan fingerprint density at radius 2 is 1.83 bits per heavy atom. The van der Waals surface area contributed by atoms with Gasteiger partial charge in [0.25, 0.3) is 0 Å². The number of nitrogens with one attached hydrogen (secondary N) is 2. The minimum absolute atomic E-state index is 1.07. The molecule has 0 rings (SSSR count). The van der Waals surface area contributed by atoms with Crippen molar-refractivity contribution < 1.29 is 13.2 Å². The van der Waals surface area contributed by atoms with E-state index in [2.05, 4.69) is 10.5 Å². The summed E-state index contributed by atoms with van der Waals surface area (Å²) < 4.78 is 36.0. The van der Waals surface area contributed by atoms with Gasteiger partial charge in [-0.2, -0.15) is 18.3 Å². The van der Waals surface area contributed by atoms with Crippen LogP contribution in [0.1, 0.15) is 0 Å². The summed E-state index contributed by atoms with van der Waals surface area (Å²) in [6.45, 7) is 0. The molecule has 7 heteroatoms. The van der Waals surface area contributed by atoms with E-state index in [9.17, 15) is 13.2 Å². The molecule has 0 aromatic carbocycles. The van der Waals surface area contributed by atoms with E-state index < -0.39 is 12.0 Å². The van der Waals surface area contributed by atoms with Crippen molar-refractivity contribution in [3.8, 4) is 0 Å². The van der Waals surface area contributed by atoms with Gasteiger partial charge in [-0.25, -0.2) is 5.01 Å². The Morgan fingerprint density at radius 3 is 2.08 bits per heavy atom. The molecule has 0 bridgehead atoms. The predicted molar refractivity (Wildman–Crippen MR) is 39.4 cm³/mol. The zero-order valence-electron chi connectivity index (χ0n) is 7.03.